The van der Waals surface area contributed by atoms with E-state index < -0.39 is 5.97 Å². The van der Waals surface area contributed by atoms with Gasteiger partial charge in [0.25, 0.3) is 0 Å². The van der Waals surface area contributed by atoms with E-state index in [1.54, 1.807) is 31.2 Å². The van der Waals surface area contributed by atoms with Gasteiger partial charge in [-0.2, -0.15) is 4.98 Å². The Kier molecular flexibility index (Phi) is 6.12. The molecule has 4 rings (SSSR count). The molecule has 0 radical (unpaired) electrons. The van der Waals surface area contributed by atoms with Gasteiger partial charge in [0.2, 0.25) is 11.6 Å². The van der Waals surface area contributed by atoms with Gasteiger partial charge >= 0.3 is 5.97 Å². The molecule has 1 amide bonds. The van der Waals surface area contributed by atoms with Crippen molar-refractivity contribution in [1.82, 2.24) is 9.97 Å². The number of nitrogens with one attached hydrogen (secondary N) is 1. The summed E-state index contributed by atoms with van der Waals surface area (Å²) in [4.78, 5) is 36.3. The van der Waals surface area contributed by atoms with Crippen molar-refractivity contribution in [3.05, 3.63) is 47.0 Å². The van der Waals surface area contributed by atoms with Gasteiger partial charge in [0.05, 0.1) is 23.5 Å². The molecule has 1 fully saturated rings. The highest BCUT2D eigenvalue weighted by molar-refractivity contribution is 5.96. The minimum absolute atomic E-state index is 0.0715. The number of amides is 1. The number of ether oxygens (including phenoxy) is 1. The molecule has 1 aliphatic rings. The van der Waals surface area contributed by atoms with E-state index >= 15 is 0 Å². The molecule has 1 saturated heterocycles. The third-order valence-corrected chi connectivity index (χ3v) is 5.85. The second kappa shape index (κ2) is 8.98. The van der Waals surface area contributed by atoms with Crippen molar-refractivity contribution in [2.24, 2.45) is 5.92 Å². The molecule has 0 aliphatic carbocycles. The van der Waals surface area contributed by atoms with Crippen molar-refractivity contribution in [2.75, 3.05) is 29.9 Å². The van der Waals surface area contributed by atoms with Crippen molar-refractivity contribution < 1.29 is 18.7 Å². The van der Waals surface area contributed by atoms with Crippen LogP contribution in [0.15, 0.2) is 28.7 Å². The lowest BCUT2D eigenvalue weighted by Gasteiger charge is -2.33. The molecule has 0 unspecified atom stereocenters. The summed E-state index contributed by atoms with van der Waals surface area (Å²) in [6, 6.07) is 6.83. The number of rotatable bonds is 5. The monoisotopic (exact) mass is 436 g/mol. The minimum atomic E-state index is -0.402. The molecule has 1 atom stereocenters. The summed E-state index contributed by atoms with van der Waals surface area (Å²) < 4.78 is 10.9. The van der Waals surface area contributed by atoms with E-state index in [0.29, 0.717) is 35.9 Å². The normalized spacial score (nSPS) is 16.2. The van der Waals surface area contributed by atoms with Gasteiger partial charge < -0.3 is 19.4 Å². The highest BCUT2D eigenvalue weighted by Gasteiger charge is 2.29. The van der Waals surface area contributed by atoms with E-state index in [1.165, 1.54) is 0 Å². The number of nitrogens with zero attached hydrogens (tertiary/aromatic N) is 3. The Morgan fingerprint density at radius 2 is 2.06 bits per heavy atom. The van der Waals surface area contributed by atoms with E-state index in [1.807, 2.05) is 20.8 Å². The number of esters is 1. The van der Waals surface area contributed by atoms with E-state index in [4.69, 9.17) is 14.1 Å². The number of anilines is 2. The Morgan fingerprint density at radius 3 is 2.84 bits per heavy atom. The van der Waals surface area contributed by atoms with E-state index in [0.717, 1.165) is 41.9 Å². The third-order valence-electron chi connectivity index (χ3n) is 5.85. The number of benzene rings is 1. The van der Waals surface area contributed by atoms with Crippen LogP contribution in [0.25, 0.3) is 11.1 Å². The maximum atomic E-state index is 13.0. The van der Waals surface area contributed by atoms with Crippen molar-refractivity contribution in [3.63, 3.8) is 0 Å². The standard InChI is InChI=1S/C24H28N4O4/c1-5-31-24(30)17-8-6-10-19(12-17)27-22(29)18-9-7-11-28(13-18)21-20-14(2)15(3)32-23(20)26-16(4)25-21/h6,8,10,12,18H,5,7,9,11,13H2,1-4H3,(H,27,29)/t18-/m0/s1. The van der Waals surface area contributed by atoms with Gasteiger partial charge in [0.15, 0.2) is 0 Å². The first-order chi connectivity index (χ1) is 15.4. The molecule has 0 saturated carbocycles. The van der Waals surface area contributed by atoms with Crippen LogP contribution in [0.1, 0.15) is 47.3 Å². The topological polar surface area (TPSA) is 97.6 Å². The third kappa shape index (κ3) is 4.30. The molecule has 3 heterocycles. The van der Waals surface area contributed by atoms with Crippen LogP contribution >= 0.6 is 0 Å². The summed E-state index contributed by atoms with van der Waals surface area (Å²) in [6.07, 6.45) is 1.66. The Labute approximate surface area is 187 Å². The van der Waals surface area contributed by atoms with Crippen LogP contribution in [-0.4, -0.2) is 41.5 Å². The van der Waals surface area contributed by atoms with Crippen LogP contribution in [0.5, 0.6) is 0 Å². The van der Waals surface area contributed by atoms with Crippen LogP contribution in [0.3, 0.4) is 0 Å². The molecule has 32 heavy (non-hydrogen) atoms. The summed E-state index contributed by atoms with van der Waals surface area (Å²) in [6.45, 7) is 9.22. The lowest BCUT2D eigenvalue weighted by atomic mass is 9.96. The van der Waals surface area contributed by atoms with Crippen LogP contribution < -0.4 is 10.2 Å². The molecule has 1 aliphatic heterocycles. The first kappa shape index (κ1) is 21.8. The number of fused-ring (bicyclic) bond motifs is 1. The fraction of sp³-hybridized carbons (Fsp3) is 0.417. The van der Waals surface area contributed by atoms with Gasteiger partial charge in [-0.25, -0.2) is 9.78 Å². The number of furan rings is 1. The summed E-state index contributed by atoms with van der Waals surface area (Å²) in [7, 11) is 0. The number of hydrogen-bond donors (Lipinski definition) is 1. The number of aromatic nitrogens is 2. The fourth-order valence-electron chi connectivity index (χ4n) is 4.13. The lowest BCUT2D eigenvalue weighted by Crippen LogP contribution is -2.41. The second-order valence-electron chi connectivity index (χ2n) is 8.13. The van der Waals surface area contributed by atoms with Crippen molar-refractivity contribution in [1.29, 1.82) is 0 Å². The zero-order valence-electron chi connectivity index (χ0n) is 18.9. The first-order valence-electron chi connectivity index (χ1n) is 10.9. The smallest absolute Gasteiger partial charge is 0.338 e. The number of piperidine rings is 1. The Hall–Kier alpha value is -3.42. The van der Waals surface area contributed by atoms with Gasteiger partial charge in [-0.05, 0) is 58.7 Å². The quantitative estimate of drug-likeness (QED) is 0.599. The van der Waals surface area contributed by atoms with Crippen LogP contribution in [-0.2, 0) is 9.53 Å². The zero-order valence-corrected chi connectivity index (χ0v) is 18.9. The van der Waals surface area contributed by atoms with Gasteiger partial charge in [0.1, 0.15) is 17.4 Å². The molecule has 3 aromatic rings. The van der Waals surface area contributed by atoms with Crippen LogP contribution in [0.4, 0.5) is 11.5 Å². The summed E-state index contributed by atoms with van der Waals surface area (Å²) in [5, 5.41) is 3.87. The molecule has 8 heteroatoms. The average molecular weight is 437 g/mol. The molecule has 168 valence electrons. The number of aryl methyl sites for hydroxylation is 3. The summed E-state index contributed by atoms with van der Waals surface area (Å²) >= 11 is 0. The maximum absolute atomic E-state index is 13.0. The fourth-order valence-corrected chi connectivity index (χ4v) is 4.13. The van der Waals surface area contributed by atoms with Crippen molar-refractivity contribution >= 4 is 34.5 Å². The largest absolute Gasteiger partial charge is 0.462 e. The number of carbonyl (C=O) groups is 2. The Bertz CT molecular complexity index is 1170. The van der Waals surface area contributed by atoms with E-state index in [9.17, 15) is 9.59 Å². The van der Waals surface area contributed by atoms with Gasteiger partial charge in [-0.1, -0.05) is 6.07 Å². The SMILES string of the molecule is CCOC(=O)c1cccc(NC(=O)[C@H]2CCCN(c3nc(C)nc4oc(C)c(C)c34)C2)c1. The average Bonchev–Trinajstić information content (AvgIpc) is 3.06. The molecule has 8 nitrogen and oxygen atoms in total. The molecule has 1 N–H and O–H groups in total. The first-order valence-corrected chi connectivity index (χ1v) is 10.9. The molecule has 2 aromatic heterocycles. The predicted octanol–water partition coefficient (Wildman–Crippen LogP) is 4.18. The molecule has 0 bridgehead atoms. The van der Waals surface area contributed by atoms with Gasteiger partial charge in [0, 0.05) is 24.3 Å². The Balaban J connectivity index is 1.53. The zero-order chi connectivity index (χ0) is 22.8. The lowest BCUT2D eigenvalue weighted by molar-refractivity contribution is -0.120. The summed E-state index contributed by atoms with van der Waals surface area (Å²) in [5.41, 5.74) is 2.61. The van der Waals surface area contributed by atoms with E-state index in [-0.39, 0.29) is 11.8 Å². The van der Waals surface area contributed by atoms with Gasteiger partial charge in [-0.3, -0.25) is 4.79 Å². The molecular weight excluding hydrogens is 408 g/mol. The van der Waals surface area contributed by atoms with Crippen molar-refractivity contribution in [3.8, 4) is 0 Å². The van der Waals surface area contributed by atoms with Gasteiger partial charge in [-0.15, -0.1) is 0 Å². The van der Waals surface area contributed by atoms with Crippen LogP contribution in [0, 0.1) is 26.7 Å². The Morgan fingerprint density at radius 1 is 1.25 bits per heavy atom. The molecule has 1 aromatic carbocycles. The minimum Gasteiger partial charge on any atom is -0.462 e. The molecular formula is C24H28N4O4. The summed E-state index contributed by atoms with van der Waals surface area (Å²) in [5.74, 6) is 1.62. The second-order valence-corrected chi connectivity index (χ2v) is 8.13. The maximum Gasteiger partial charge on any atom is 0.338 e. The highest BCUT2D eigenvalue weighted by Crippen LogP contribution is 2.33. The van der Waals surface area contributed by atoms with Crippen LogP contribution in [0.2, 0.25) is 0 Å². The number of hydrogen-bond acceptors (Lipinski definition) is 7. The van der Waals surface area contributed by atoms with Crippen molar-refractivity contribution in [2.45, 2.75) is 40.5 Å². The predicted molar refractivity (Wildman–Crippen MR) is 122 cm³/mol. The van der Waals surface area contributed by atoms with E-state index in [2.05, 4.69) is 15.2 Å². The molecule has 0 spiro atoms. The highest BCUT2D eigenvalue weighted by atomic mass is 16.5. The number of carbonyl (C=O) groups excluding carboxylic acids is 2.